The number of ether oxygens (including phenoxy) is 2. The lowest BCUT2D eigenvalue weighted by Crippen LogP contribution is -2.48. The van der Waals surface area contributed by atoms with Crippen LogP contribution in [0.5, 0.6) is 11.5 Å². The molecule has 0 unspecified atom stereocenters. The molecule has 7 nitrogen and oxygen atoms in total. The summed E-state index contributed by atoms with van der Waals surface area (Å²) in [6.45, 7) is 1.99. The molecule has 1 fully saturated rings. The van der Waals surface area contributed by atoms with E-state index in [0.717, 1.165) is 21.7 Å². The molecule has 0 saturated carbocycles. The number of aromatic nitrogens is 1. The van der Waals surface area contributed by atoms with Gasteiger partial charge in [0.2, 0.25) is 10.0 Å². The second-order valence-electron chi connectivity index (χ2n) is 7.34. The van der Waals surface area contributed by atoms with E-state index in [-0.39, 0.29) is 4.90 Å². The minimum atomic E-state index is -3.62. The van der Waals surface area contributed by atoms with Gasteiger partial charge in [0.1, 0.15) is 0 Å². The van der Waals surface area contributed by atoms with Gasteiger partial charge in [0, 0.05) is 48.5 Å². The Morgan fingerprint density at radius 1 is 1.03 bits per heavy atom. The van der Waals surface area contributed by atoms with Gasteiger partial charge in [-0.3, -0.25) is 0 Å². The van der Waals surface area contributed by atoms with Gasteiger partial charge in [0.05, 0.1) is 24.8 Å². The molecule has 1 aliphatic heterocycles. The fraction of sp³-hybridized carbons (Fsp3) is 0.318. The van der Waals surface area contributed by atoms with Crippen LogP contribution in [0.2, 0.25) is 0 Å². The largest absolute Gasteiger partial charge is 0.493 e. The van der Waals surface area contributed by atoms with Crippen LogP contribution in [-0.2, 0) is 16.4 Å². The summed E-state index contributed by atoms with van der Waals surface area (Å²) in [6.07, 6.45) is 0.767. The van der Waals surface area contributed by atoms with Crippen LogP contribution in [0.1, 0.15) is 11.3 Å². The molecule has 2 heterocycles. The predicted molar refractivity (Wildman–Crippen MR) is 130 cm³/mol. The van der Waals surface area contributed by atoms with E-state index >= 15 is 0 Å². The molecule has 0 radical (unpaired) electrons. The summed E-state index contributed by atoms with van der Waals surface area (Å²) in [7, 11) is -0.601. The van der Waals surface area contributed by atoms with Crippen molar-refractivity contribution in [1.29, 1.82) is 0 Å². The number of thiazole rings is 1. The smallest absolute Gasteiger partial charge is 0.243 e. The molecule has 2 aromatic carbocycles. The Balaban J connectivity index is 1.41. The summed E-state index contributed by atoms with van der Waals surface area (Å²) in [5.41, 5.74) is 2.21. The number of sulfonamides is 1. The maximum absolute atomic E-state index is 13.1. The Kier molecular flexibility index (Phi) is 7.04. The zero-order valence-electron chi connectivity index (χ0n) is 17.8. The van der Waals surface area contributed by atoms with E-state index in [4.69, 9.17) is 14.5 Å². The molecule has 10 heteroatoms. The highest BCUT2D eigenvalue weighted by Crippen LogP contribution is 2.31. The van der Waals surface area contributed by atoms with E-state index in [9.17, 15) is 8.42 Å². The van der Waals surface area contributed by atoms with Gasteiger partial charge < -0.3 is 14.4 Å². The first-order valence-electron chi connectivity index (χ1n) is 10.1. The van der Waals surface area contributed by atoms with Crippen LogP contribution < -0.4 is 14.4 Å². The summed E-state index contributed by atoms with van der Waals surface area (Å²) < 4.78 is 39.3. The van der Waals surface area contributed by atoms with Crippen molar-refractivity contribution < 1.29 is 17.9 Å². The Morgan fingerprint density at radius 2 is 1.78 bits per heavy atom. The number of nitrogens with zero attached hydrogens (tertiary/aromatic N) is 3. The molecule has 170 valence electrons. The molecule has 1 aliphatic rings. The first-order valence-corrected chi connectivity index (χ1v) is 13.2. The topological polar surface area (TPSA) is 72.0 Å². The third-order valence-electron chi connectivity index (χ3n) is 5.32. The lowest BCUT2D eigenvalue weighted by Gasteiger charge is -2.33. The molecule has 0 atom stereocenters. The number of piperazine rings is 1. The second-order valence-corrected chi connectivity index (χ2v) is 11.0. The summed E-state index contributed by atoms with van der Waals surface area (Å²) >= 11 is 5.10. The van der Waals surface area contributed by atoms with E-state index in [2.05, 4.69) is 38.3 Å². The summed E-state index contributed by atoms with van der Waals surface area (Å²) in [6, 6.07) is 12.9. The van der Waals surface area contributed by atoms with Crippen molar-refractivity contribution in [2.45, 2.75) is 11.3 Å². The first kappa shape index (κ1) is 23.0. The van der Waals surface area contributed by atoms with E-state index < -0.39 is 10.0 Å². The normalized spacial score (nSPS) is 15.0. The number of methoxy groups -OCH3 is 2. The van der Waals surface area contributed by atoms with Crippen LogP contribution in [0.15, 0.2) is 57.2 Å². The van der Waals surface area contributed by atoms with Crippen molar-refractivity contribution >= 4 is 42.4 Å². The van der Waals surface area contributed by atoms with Crippen LogP contribution in [0.3, 0.4) is 0 Å². The molecule has 0 spiro atoms. The van der Waals surface area contributed by atoms with Gasteiger partial charge in [0.25, 0.3) is 0 Å². The third-order valence-corrected chi connectivity index (χ3v) is 8.65. The minimum Gasteiger partial charge on any atom is -0.493 e. The number of hydrogen-bond acceptors (Lipinski definition) is 7. The van der Waals surface area contributed by atoms with E-state index in [1.54, 1.807) is 23.5 Å². The maximum Gasteiger partial charge on any atom is 0.243 e. The minimum absolute atomic E-state index is 0.203. The molecule has 4 rings (SSSR count). The molecular weight excluding hydrogens is 514 g/mol. The number of rotatable bonds is 7. The number of anilines is 1. The Morgan fingerprint density at radius 3 is 2.47 bits per heavy atom. The summed E-state index contributed by atoms with van der Waals surface area (Å²) in [4.78, 5) is 7.13. The fourth-order valence-electron chi connectivity index (χ4n) is 3.62. The molecule has 3 aromatic rings. The Labute approximate surface area is 200 Å². The van der Waals surface area contributed by atoms with Gasteiger partial charge in [0.15, 0.2) is 16.6 Å². The summed E-state index contributed by atoms with van der Waals surface area (Å²) in [5.74, 6) is 0.895. The van der Waals surface area contributed by atoms with E-state index in [1.807, 2.05) is 12.1 Å². The standard InChI is InChI=1S/C22H24BrN3O4S2/c1-29-20-7-6-19(14-21(20)30-2)32(27,28)26-10-8-25(9-11-26)22-24-18(15-31-22)13-16-4-3-5-17(23)12-16/h3-7,12,14-15H,8-11,13H2,1-2H3. The van der Waals surface area contributed by atoms with Crippen LogP contribution in [-0.4, -0.2) is 58.1 Å². The van der Waals surface area contributed by atoms with Gasteiger partial charge in [-0.05, 0) is 29.8 Å². The van der Waals surface area contributed by atoms with Gasteiger partial charge >= 0.3 is 0 Å². The van der Waals surface area contributed by atoms with Gasteiger partial charge in [-0.25, -0.2) is 13.4 Å². The molecule has 0 aliphatic carbocycles. The molecule has 0 amide bonds. The molecule has 1 aromatic heterocycles. The van der Waals surface area contributed by atoms with Gasteiger partial charge in [-0.1, -0.05) is 28.1 Å². The molecule has 0 N–H and O–H groups in total. The third kappa shape index (κ3) is 4.93. The number of halogens is 1. The molecule has 0 bridgehead atoms. The average Bonchev–Trinajstić information content (AvgIpc) is 3.27. The Bertz CT molecular complexity index is 1190. The fourth-order valence-corrected chi connectivity index (χ4v) is 6.39. The highest BCUT2D eigenvalue weighted by Gasteiger charge is 2.30. The van der Waals surface area contributed by atoms with Gasteiger partial charge in [-0.15, -0.1) is 11.3 Å². The van der Waals surface area contributed by atoms with Crippen molar-refractivity contribution in [2.75, 3.05) is 45.3 Å². The van der Waals surface area contributed by atoms with Gasteiger partial charge in [-0.2, -0.15) is 4.31 Å². The average molecular weight is 538 g/mol. The van der Waals surface area contributed by atoms with Crippen molar-refractivity contribution in [1.82, 2.24) is 9.29 Å². The number of hydrogen-bond donors (Lipinski definition) is 0. The quantitative estimate of drug-likeness (QED) is 0.453. The zero-order chi connectivity index (χ0) is 22.7. The lowest BCUT2D eigenvalue weighted by molar-refractivity contribution is 0.353. The highest BCUT2D eigenvalue weighted by molar-refractivity contribution is 9.10. The van der Waals surface area contributed by atoms with Crippen LogP contribution in [0.25, 0.3) is 0 Å². The van der Waals surface area contributed by atoms with Crippen molar-refractivity contribution in [3.8, 4) is 11.5 Å². The maximum atomic E-state index is 13.1. The van der Waals surface area contributed by atoms with E-state index in [1.165, 1.54) is 30.2 Å². The van der Waals surface area contributed by atoms with Crippen LogP contribution in [0, 0.1) is 0 Å². The lowest BCUT2D eigenvalue weighted by atomic mass is 10.1. The van der Waals surface area contributed by atoms with Crippen LogP contribution in [0.4, 0.5) is 5.13 Å². The number of benzene rings is 2. The monoisotopic (exact) mass is 537 g/mol. The van der Waals surface area contributed by atoms with Crippen molar-refractivity contribution in [2.24, 2.45) is 0 Å². The zero-order valence-corrected chi connectivity index (χ0v) is 21.0. The molecule has 32 heavy (non-hydrogen) atoms. The second kappa shape index (κ2) is 9.78. The van der Waals surface area contributed by atoms with Crippen molar-refractivity contribution in [3.05, 3.63) is 63.6 Å². The predicted octanol–water partition coefficient (Wildman–Crippen LogP) is 4.02. The van der Waals surface area contributed by atoms with Crippen molar-refractivity contribution in [3.63, 3.8) is 0 Å². The SMILES string of the molecule is COc1ccc(S(=O)(=O)N2CCN(c3nc(Cc4cccc(Br)c4)cs3)CC2)cc1OC. The molecule has 1 saturated heterocycles. The Hall–Kier alpha value is -2.14. The highest BCUT2D eigenvalue weighted by atomic mass is 79.9. The van der Waals surface area contributed by atoms with Crippen LogP contribution >= 0.6 is 27.3 Å². The first-order chi connectivity index (χ1) is 15.4. The molecular formula is C22H24BrN3O4S2. The van der Waals surface area contributed by atoms with E-state index in [0.29, 0.717) is 37.7 Å². The summed E-state index contributed by atoms with van der Waals surface area (Å²) in [5, 5.41) is 3.00.